The smallest absolute Gasteiger partial charge is 1.00 e. The quantitative estimate of drug-likeness (QED) is 0.0448. The van der Waals surface area contributed by atoms with Gasteiger partial charge in [-0.05, 0) is 75.2 Å². The Kier molecular flexibility index (Phi) is 63.3. The number of unbranched alkanes of at least 4 members (excludes halogenated alkanes) is 1. The number of halogens is 2. The largest absolute Gasteiger partial charge is 2.00 e. The van der Waals surface area contributed by atoms with E-state index in [9.17, 15) is 8.76 Å². The molecule has 0 amide bonds. The molecule has 0 aromatic rings. The maximum Gasteiger partial charge on any atom is 2.00 e. The van der Waals surface area contributed by atoms with Gasteiger partial charge in [-0.1, -0.05) is 29.3 Å². The Labute approximate surface area is 367 Å². The van der Waals surface area contributed by atoms with E-state index in [2.05, 4.69) is 50.5 Å². The molecule has 17 heteroatoms. The van der Waals surface area contributed by atoms with E-state index in [1.165, 1.54) is 23.6 Å². The third kappa shape index (κ3) is 54.7. The van der Waals surface area contributed by atoms with E-state index < -0.39 is 21.0 Å². The summed E-state index contributed by atoms with van der Waals surface area (Å²) in [6, 6.07) is 0. The standard InChI is InChI=1S/C9H20O3S.C8H18OS2.C7H16O2.C5H11BrO2.C5H11O2.BrH.Mg.H2S/c1-9(2,3)13(10)7-6-8(11-4)12-5;1-7(2,3)10-11(9)8(4,5)6;1-4-5-6-7(8-2)9-3;1-7-5(8-2)3-4-6;1-4-5(6-2)7-3;;;/h8H,6-7H2,1-5H3;1-6H3;7H,4-6H2,1-3H3;5H,3-4H2,1-2H3;5H,1,4H2,2-3H3;1H;;1H2/q;;;;-1;;+2;/p-1/t13-;;;;;;;/m1......./s1. The van der Waals surface area contributed by atoms with Crippen LogP contribution in [0, 0.1) is 6.92 Å². The van der Waals surface area contributed by atoms with Crippen molar-refractivity contribution in [1.82, 2.24) is 0 Å². The van der Waals surface area contributed by atoms with E-state index >= 15 is 0 Å². The van der Waals surface area contributed by atoms with Crippen molar-refractivity contribution in [2.75, 3.05) is 68.0 Å². The first-order chi connectivity index (χ1) is 22.1. The predicted molar refractivity (Wildman–Crippen MR) is 228 cm³/mol. The summed E-state index contributed by atoms with van der Waals surface area (Å²) >= 11 is 3.27. The number of rotatable bonds is 18. The topological polar surface area (TPSA) is 114 Å². The summed E-state index contributed by atoms with van der Waals surface area (Å²) in [4.78, 5) is 0. The van der Waals surface area contributed by atoms with Crippen LogP contribution in [0.1, 0.15) is 108 Å². The fourth-order valence-electron chi connectivity index (χ4n) is 2.65. The summed E-state index contributed by atoms with van der Waals surface area (Å²) in [6.45, 7) is 23.9. The molecule has 0 spiro atoms. The first kappa shape index (κ1) is 71.3. The molecule has 0 aliphatic rings. The Hall–Kier alpha value is 2.57. The SMILES string of the molecule is CC(C)(C)S[S+]([O-])C(C)(C)C.CCCCC(OC)OC.COC(CCBr)OC.COC(CC[S@@](=O)C(C)(C)C)OC.S.[Br-].[CH2-]CC(OC)OC.[Mg+2]. The number of alkyl halides is 1. The van der Waals surface area contributed by atoms with E-state index in [4.69, 9.17) is 37.9 Å². The zero-order valence-corrected chi connectivity index (χ0v) is 43.5. The van der Waals surface area contributed by atoms with Gasteiger partial charge in [-0.15, -0.1) is 6.42 Å². The Morgan fingerprint density at radius 3 is 1.22 bits per heavy atom. The minimum atomic E-state index is -0.821. The van der Waals surface area contributed by atoms with Gasteiger partial charge in [0.2, 0.25) is 0 Å². The van der Waals surface area contributed by atoms with Gasteiger partial charge in [-0.25, -0.2) is 0 Å². The van der Waals surface area contributed by atoms with Crippen molar-refractivity contribution in [3.8, 4) is 0 Å². The number of hydrogen-bond acceptors (Lipinski definition) is 11. The molecule has 1 unspecified atom stereocenters. The van der Waals surface area contributed by atoms with E-state index in [-0.39, 0.29) is 92.9 Å². The molecular weight excluding hydrogens is 881 g/mol. The minimum absolute atomic E-state index is 0. The van der Waals surface area contributed by atoms with Gasteiger partial charge in [-0.2, -0.15) is 13.5 Å². The van der Waals surface area contributed by atoms with Crippen LogP contribution in [0.25, 0.3) is 0 Å². The monoisotopic (exact) mass is 956 g/mol. The van der Waals surface area contributed by atoms with E-state index in [1.54, 1.807) is 56.9 Å². The molecule has 51 heavy (non-hydrogen) atoms. The van der Waals surface area contributed by atoms with Crippen molar-refractivity contribution in [2.45, 2.75) is 147 Å². The molecule has 0 aromatic carbocycles. The molecule has 0 rings (SSSR count). The fraction of sp³-hybridized carbons (Fsp3) is 0.971. The van der Waals surface area contributed by atoms with Crippen molar-refractivity contribution >= 4 is 84.3 Å². The number of hydrogen-bond donors (Lipinski definition) is 0. The number of ether oxygens (including phenoxy) is 8. The predicted octanol–water partition coefficient (Wildman–Crippen LogP) is 5.27. The maximum absolute atomic E-state index is 11.6. The molecule has 10 nitrogen and oxygen atoms in total. The molecular formula is C34H78Br2MgO10S4. The molecule has 0 aromatic heterocycles. The van der Waals surface area contributed by atoms with E-state index in [0.29, 0.717) is 18.6 Å². The van der Waals surface area contributed by atoms with Gasteiger partial charge in [-0.3, -0.25) is 4.21 Å². The van der Waals surface area contributed by atoms with Crippen LogP contribution in [0.4, 0.5) is 0 Å². The summed E-state index contributed by atoms with van der Waals surface area (Å²) in [5.74, 6) is 0.621. The van der Waals surface area contributed by atoms with Crippen LogP contribution >= 0.6 is 40.2 Å². The third-order valence-corrected chi connectivity index (χ3v) is 13.1. The van der Waals surface area contributed by atoms with Crippen molar-refractivity contribution in [2.24, 2.45) is 0 Å². The van der Waals surface area contributed by atoms with Crippen molar-refractivity contribution < 1.29 is 63.6 Å². The van der Waals surface area contributed by atoms with Gasteiger partial charge in [0.15, 0.2) is 18.9 Å². The summed E-state index contributed by atoms with van der Waals surface area (Å²) in [7, 11) is 12.9. The van der Waals surface area contributed by atoms with Gasteiger partial charge in [0.25, 0.3) is 0 Å². The van der Waals surface area contributed by atoms with Crippen LogP contribution in [0.15, 0.2) is 0 Å². The molecule has 2 atom stereocenters. The van der Waals surface area contributed by atoms with Crippen molar-refractivity contribution in [3.05, 3.63) is 6.92 Å². The second kappa shape index (κ2) is 45.3. The average molecular weight is 959 g/mol. The maximum atomic E-state index is 11.6. The van der Waals surface area contributed by atoms with E-state index in [1.807, 2.05) is 41.5 Å². The normalized spacial score (nSPS) is 12.3. The molecule has 0 saturated heterocycles. The molecule has 0 N–H and O–H groups in total. The van der Waals surface area contributed by atoms with Gasteiger partial charge in [0, 0.05) is 107 Å². The Bertz CT molecular complexity index is 669. The van der Waals surface area contributed by atoms with E-state index in [0.717, 1.165) is 18.2 Å². The molecule has 0 aliphatic heterocycles. The van der Waals surface area contributed by atoms with Crippen LogP contribution in [-0.4, -0.2) is 139 Å². The summed E-state index contributed by atoms with van der Waals surface area (Å²) in [5, 5.41) is 0.916. The molecule has 0 fully saturated rings. The Morgan fingerprint density at radius 1 is 0.706 bits per heavy atom. The fourth-order valence-corrected chi connectivity index (χ4v) is 6.86. The second-order valence-electron chi connectivity index (χ2n) is 13.0. The Balaban J connectivity index is -0.0000000756. The average Bonchev–Trinajstić information content (AvgIpc) is 3.01. The zero-order chi connectivity index (χ0) is 39.0. The van der Waals surface area contributed by atoms with Gasteiger partial charge < -0.3 is 66.4 Å². The Morgan fingerprint density at radius 2 is 1.04 bits per heavy atom. The number of methoxy groups -OCH3 is 8. The molecule has 0 saturated carbocycles. The molecule has 0 heterocycles. The summed E-state index contributed by atoms with van der Waals surface area (Å²) in [6.07, 6.45) is 5.21. The van der Waals surface area contributed by atoms with Crippen molar-refractivity contribution in [3.63, 3.8) is 0 Å². The minimum Gasteiger partial charge on any atom is -1.00 e. The first-order valence-electron chi connectivity index (χ1n) is 16.2. The summed E-state index contributed by atoms with van der Waals surface area (Å²) < 4.78 is 62.3. The van der Waals surface area contributed by atoms with Crippen LogP contribution in [-0.2, 0) is 58.9 Å². The summed E-state index contributed by atoms with van der Waals surface area (Å²) in [5.41, 5.74) is 0. The zero-order valence-electron chi connectivity index (χ0n) is 35.4. The third-order valence-electron chi connectivity index (χ3n) is 5.52. The van der Waals surface area contributed by atoms with Crippen LogP contribution < -0.4 is 17.0 Å². The molecule has 0 aliphatic carbocycles. The van der Waals surface area contributed by atoms with Crippen molar-refractivity contribution in [1.29, 1.82) is 0 Å². The van der Waals surface area contributed by atoms with Crippen LogP contribution in [0.2, 0.25) is 0 Å². The van der Waals surface area contributed by atoms with Gasteiger partial charge in [0.1, 0.15) is 11.0 Å². The van der Waals surface area contributed by atoms with Crippen LogP contribution in [0.3, 0.4) is 0 Å². The molecule has 0 bridgehead atoms. The van der Waals surface area contributed by atoms with Gasteiger partial charge in [0.05, 0.1) is 15.5 Å². The van der Waals surface area contributed by atoms with Crippen LogP contribution in [0.5, 0.6) is 0 Å². The second-order valence-corrected chi connectivity index (χ2v) is 20.6. The molecule has 0 radical (unpaired) electrons. The first-order valence-corrected chi connectivity index (χ1v) is 21.1. The molecule has 314 valence electrons. The van der Waals surface area contributed by atoms with Gasteiger partial charge >= 0.3 is 23.1 Å².